The van der Waals surface area contributed by atoms with Crippen LogP contribution in [0.25, 0.3) is 11.3 Å². The fourth-order valence-corrected chi connectivity index (χ4v) is 3.52. The predicted molar refractivity (Wildman–Crippen MR) is 110 cm³/mol. The number of aryl methyl sites for hydroxylation is 1. The highest BCUT2D eigenvalue weighted by Gasteiger charge is 2.25. The number of thiazole rings is 1. The van der Waals surface area contributed by atoms with Crippen LogP contribution in [0, 0.1) is 24.0 Å². The van der Waals surface area contributed by atoms with Gasteiger partial charge in [0.05, 0.1) is 10.6 Å². The van der Waals surface area contributed by atoms with Crippen LogP contribution in [0.3, 0.4) is 0 Å². The maximum atomic E-state index is 12.3. The van der Waals surface area contributed by atoms with Crippen molar-refractivity contribution in [1.29, 1.82) is 0 Å². The summed E-state index contributed by atoms with van der Waals surface area (Å²) < 4.78 is 6.33. The quantitative estimate of drug-likeness (QED) is 0.347. The zero-order valence-electron chi connectivity index (χ0n) is 16.5. The van der Waals surface area contributed by atoms with Crippen LogP contribution >= 0.6 is 11.3 Å². The number of hydrogen-bond acceptors (Lipinski definition) is 8. The lowest BCUT2D eigenvalue weighted by atomic mass is 10.2. The van der Waals surface area contributed by atoms with E-state index in [-0.39, 0.29) is 23.6 Å². The van der Waals surface area contributed by atoms with Gasteiger partial charge in [-0.05, 0) is 20.8 Å². The number of benzene rings is 1. The summed E-state index contributed by atoms with van der Waals surface area (Å²) >= 11 is 1.26. The molecule has 0 aliphatic rings. The summed E-state index contributed by atoms with van der Waals surface area (Å²) in [7, 11) is 0. The van der Waals surface area contributed by atoms with Crippen molar-refractivity contribution in [2.45, 2.75) is 33.4 Å². The van der Waals surface area contributed by atoms with Gasteiger partial charge in [-0.15, -0.1) is 11.3 Å². The lowest BCUT2D eigenvalue weighted by Crippen LogP contribution is -2.31. The number of nitrogens with zero attached hydrogens (tertiary/aromatic N) is 4. The molecule has 0 aliphatic heterocycles. The monoisotopic (exact) mass is 429 g/mol. The van der Waals surface area contributed by atoms with Crippen molar-refractivity contribution in [2.75, 3.05) is 5.32 Å². The normalized spacial score (nSPS) is 11.7. The van der Waals surface area contributed by atoms with Gasteiger partial charge in [0.15, 0.2) is 11.2 Å². The number of anilines is 1. The van der Waals surface area contributed by atoms with Gasteiger partial charge in [0.2, 0.25) is 0 Å². The van der Waals surface area contributed by atoms with Crippen molar-refractivity contribution in [2.24, 2.45) is 0 Å². The second-order valence-electron chi connectivity index (χ2n) is 6.46. The van der Waals surface area contributed by atoms with Crippen LogP contribution in [0.15, 0.2) is 35.7 Å². The Morgan fingerprint density at radius 2 is 2.00 bits per heavy atom. The summed E-state index contributed by atoms with van der Waals surface area (Å²) in [4.78, 5) is 39.4. The second kappa shape index (κ2) is 8.82. The molecular weight excluding hydrogens is 410 g/mol. The number of amides is 1. The zero-order chi connectivity index (χ0) is 21.8. The number of rotatable bonds is 7. The Balaban J connectivity index is 1.58. The number of aromatic nitrogens is 3. The smallest absolute Gasteiger partial charge is 0.328 e. The summed E-state index contributed by atoms with van der Waals surface area (Å²) in [5, 5.41) is 19.9. The third-order valence-corrected chi connectivity index (χ3v) is 5.04. The van der Waals surface area contributed by atoms with Crippen molar-refractivity contribution >= 4 is 34.0 Å². The molecule has 3 aromatic rings. The third-order valence-electron chi connectivity index (χ3n) is 4.29. The first kappa shape index (κ1) is 21.1. The highest BCUT2D eigenvalue weighted by Crippen LogP contribution is 2.25. The van der Waals surface area contributed by atoms with Gasteiger partial charge in [-0.3, -0.25) is 29.7 Å². The first-order chi connectivity index (χ1) is 14.3. The number of ether oxygens (including phenoxy) is 1. The molecule has 1 amide bonds. The molecule has 11 heteroatoms. The summed E-state index contributed by atoms with van der Waals surface area (Å²) in [6, 6.07) is 9.51. The van der Waals surface area contributed by atoms with E-state index in [9.17, 15) is 19.7 Å². The summed E-state index contributed by atoms with van der Waals surface area (Å²) in [6.45, 7) is 4.07. The highest BCUT2D eigenvalue weighted by atomic mass is 32.1. The molecule has 0 fully saturated rings. The number of hydrogen-bond donors (Lipinski definition) is 1. The molecule has 30 heavy (non-hydrogen) atoms. The molecule has 10 nitrogen and oxygen atoms in total. The molecule has 0 bridgehead atoms. The van der Waals surface area contributed by atoms with Crippen LogP contribution in [0.5, 0.6) is 0 Å². The molecule has 0 spiro atoms. The van der Waals surface area contributed by atoms with Crippen molar-refractivity contribution in [3.8, 4) is 11.3 Å². The Morgan fingerprint density at radius 1 is 1.30 bits per heavy atom. The predicted octanol–water partition coefficient (Wildman–Crippen LogP) is 3.10. The molecule has 156 valence electrons. The maximum Gasteiger partial charge on any atom is 0.328 e. The minimum Gasteiger partial charge on any atom is -0.451 e. The van der Waals surface area contributed by atoms with Gasteiger partial charge in [0.25, 0.3) is 5.91 Å². The molecule has 0 saturated carbocycles. The molecule has 3 rings (SSSR count). The van der Waals surface area contributed by atoms with Crippen molar-refractivity contribution in [1.82, 2.24) is 14.8 Å². The fraction of sp³-hybridized carbons (Fsp3) is 0.263. The Labute approximate surface area is 175 Å². The first-order valence-electron chi connectivity index (χ1n) is 8.96. The molecule has 0 saturated heterocycles. The standard InChI is InChI=1S/C19H19N5O5S/c1-11-17(24(27)28)12(2)23(22-11)9-16(25)29-13(3)18(26)21-19-20-15(10-30-19)14-7-5-4-6-8-14/h4-8,10,13H,9H2,1-3H3,(H,20,21,26). The van der Waals surface area contributed by atoms with Crippen molar-refractivity contribution in [3.63, 3.8) is 0 Å². The second-order valence-corrected chi connectivity index (χ2v) is 7.32. The van der Waals surface area contributed by atoms with Crippen molar-refractivity contribution in [3.05, 3.63) is 57.2 Å². The molecule has 1 unspecified atom stereocenters. The van der Waals surface area contributed by atoms with Crippen LogP contribution in [0.1, 0.15) is 18.3 Å². The highest BCUT2D eigenvalue weighted by molar-refractivity contribution is 7.14. The van der Waals surface area contributed by atoms with Crippen LogP contribution in [0.2, 0.25) is 0 Å². The van der Waals surface area contributed by atoms with E-state index in [4.69, 9.17) is 4.74 Å². The van der Waals surface area contributed by atoms with E-state index in [1.165, 1.54) is 36.8 Å². The molecule has 2 aromatic heterocycles. The van der Waals surface area contributed by atoms with E-state index in [0.717, 1.165) is 11.3 Å². The van der Waals surface area contributed by atoms with Crippen molar-refractivity contribution < 1.29 is 19.2 Å². The third kappa shape index (κ3) is 4.69. The lowest BCUT2D eigenvalue weighted by Gasteiger charge is -2.12. The van der Waals surface area contributed by atoms with Gasteiger partial charge in [-0.2, -0.15) is 5.10 Å². The summed E-state index contributed by atoms with van der Waals surface area (Å²) in [5.74, 6) is -1.26. The Bertz CT molecular complexity index is 1090. The minimum atomic E-state index is -1.08. The van der Waals surface area contributed by atoms with Gasteiger partial charge in [-0.1, -0.05) is 30.3 Å². The molecule has 2 heterocycles. The molecule has 1 atom stereocenters. The average molecular weight is 429 g/mol. The van der Waals surface area contributed by atoms with Gasteiger partial charge < -0.3 is 4.74 Å². The SMILES string of the molecule is Cc1nn(CC(=O)OC(C)C(=O)Nc2nc(-c3ccccc3)cs2)c(C)c1[N+](=O)[O-]. The zero-order valence-corrected chi connectivity index (χ0v) is 17.3. The summed E-state index contributed by atoms with van der Waals surface area (Å²) in [6.07, 6.45) is -1.08. The van der Waals surface area contributed by atoms with E-state index in [2.05, 4.69) is 15.4 Å². The number of nitro groups is 1. The first-order valence-corrected chi connectivity index (χ1v) is 9.84. The van der Waals surface area contributed by atoms with Gasteiger partial charge in [-0.25, -0.2) is 4.98 Å². The average Bonchev–Trinajstić information content (AvgIpc) is 3.26. The van der Waals surface area contributed by atoms with Crippen LogP contribution in [-0.4, -0.2) is 37.7 Å². The molecule has 0 aliphatic carbocycles. The Hall–Kier alpha value is -3.60. The molecular formula is C19H19N5O5S. The molecule has 1 aromatic carbocycles. The molecule has 0 radical (unpaired) electrons. The van der Waals surface area contributed by atoms with Crippen LogP contribution in [-0.2, 0) is 20.9 Å². The number of carbonyl (C=O) groups is 2. The van der Waals surface area contributed by atoms with E-state index < -0.39 is 22.9 Å². The minimum absolute atomic E-state index is 0.147. The largest absolute Gasteiger partial charge is 0.451 e. The number of nitrogens with one attached hydrogen (secondary N) is 1. The van der Waals surface area contributed by atoms with Gasteiger partial charge in [0.1, 0.15) is 17.9 Å². The van der Waals surface area contributed by atoms with E-state index in [1.54, 1.807) is 0 Å². The topological polar surface area (TPSA) is 129 Å². The maximum absolute atomic E-state index is 12.3. The van der Waals surface area contributed by atoms with Gasteiger partial charge >= 0.3 is 11.7 Å². The number of carbonyl (C=O) groups excluding carboxylic acids is 2. The Kier molecular flexibility index (Phi) is 6.21. The van der Waals surface area contributed by atoms with E-state index in [0.29, 0.717) is 5.13 Å². The number of esters is 1. The molecule has 1 N–H and O–H groups in total. The van der Waals surface area contributed by atoms with Crippen LogP contribution < -0.4 is 5.32 Å². The van der Waals surface area contributed by atoms with Crippen LogP contribution in [0.4, 0.5) is 10.8 Å². The lowest BCUT2D eigenvalue weighted by molar-refractivity contribution is -0.386. The van der Waals surface area contributed by atoms with E-state index in [1.807, 2.05) is 35.7 Å². The fourth-order valence-electron chi connectivity index (χ4n) is 2.80. The van der Waals surface area contributed by atoms with E-state index >= 15 is 0 Å². The van der Waals surface area contributed by atoms with Gasteiger partial charge in [0, 0.05) is 10.9 Å². The summed E-state index contributed by atoms with van der Waals surface area (Å²) in [5.41, 5.74) is 1.95. The Morgan fingerprint density at radius 3 is 2.63 bits per heavy atom.